The van der Waals surface area contributed by atoms with E-state index >= 15 is 0 Å². The second-order valence-corrected chi connectivity index (χ2v) is 6.30. The van der Waals surface area contributed by atoms with Crippen molar-refractivity contribution in [3.05, 3.63) is 97.6 Å². The van der Waals surface area contributed by atoms with Crippen LogP contribution >= 0.6 is 0 Å². The van der Waals surface area contributed by atoms with Gasteiger partial charge in [0.15, 0.2) is 12.4 Å². The van der Waals surface area contributed by atoms with E-state index < -0.39 is 0 Å². The highest BCUT2D eigenvalue weighted by Crippen LogP contribution is 2.17. The lowest BCUT2D eigenvalue weighted by atomic mass is 10.1. The van der Waals surface area contributed by atoms with Crippen LogP contribution in [0.1, 0.15) is 0 Å². The van der Waals surface area contributed by atoms with Gasteiger partial charge in [-0.3, -0.25) is 0 Å². The van der Waals surface area contributed by atoms with Crippen molar-refractivity contribution >= 4 is 0 Å². The Bertz CT molecular complexity index is 951. The highest BCUT2D eigenvalue weighted by atomic mass is 16.5. The summed E-state index contributed by atoms with van der Waals surface area (Å²) in [7, 11) is 3.34. The number of hydrogen-bond donors (Lipinski definition) is 0. The molecule has 2 aromatic carbocycles. The van der Waals surface area contributed by atoms with Crippen molar-refractivity contribution in [3.8, 4) is 34.0 Å². The largest absolute Gasteiger partial charge is 0.497 e. The molecular weight excluding hydrogens is 348 g/mol. The Hall–Kier alpha value is -3.66. The zero-order valence-corrected chi connectivity index (χ0v) is 15.9. The summed E-state index contributed by atoms with van der Waals surface area (Å²) in [6.07, 6.45) is 8.09. The van der Waals surface area contributed by atoms with Gasteiger partial charge in [0.05, 0.1) is 14.2 Å². The van der Waals surface area contributed by atoms with Gasteiger partial charge >= 0.3 is 0 Å². The Morgan fingerprint density at radius 3 is 1.57 bits per heavy atom. The fourth-order valence-corrected chi connectivity index (χ4v) is 3.01. The van der Waals surface area contributed by atoms with E-state index in [0.717, 1.165) is 34.0 Å². The van der Waals surface area contributed by atoms with Crippen molar-refractivity contribution in [2.24, 2.45) is 0 Å². The Morgan fingerprint density at radius 1 is 0.607 bits per heavy atom. The molecule has 0 aliphatic heterocycles. The van der Waals surface area contributed by atoms with Crippen molar-refractivity contribution in [2.75, 3.05) is 14.2 Å². The zero-order valence-electron chi connectivity index (χ0n) is 15.9. The highest BCUT2D eigenvalue weighted by Gasteiger charge is 2.06. The molecule has 0 spiro atoms. The molecule has 138 valence electrons. The Labute approximate surface area is 164 Å². The fraction of sp³-hybridized carbons (Fsp3) is 0.0833. The number of pyridine rings is 2. The van der Waals surface area contributed by atoms with Crippen LogP contribution in [-0.2, 0) is 0 Å². The molecule has 4 heteroatoms. The van der Waals surface area contributed by atoms with Crippen molar-refractivity contribution in [2.45, 2.75) is 0 Å². The zero-order chi connectivity index (χ0) is 19.3. The Morgan fingerprint density at radius 2 is 1.11 bits per heavy atom. The van der Waals surface area contributed by atoms with E-state index in [2.05, 4.69) is 41.2 Å². The fourth-order valence-electron chi connectivity index (χ4n) is 3.01. The molecule has 0 amide bonds. The molecule has 4 nitrogen and oxygen atoms in total. The number of ether oxygens (including phenoxy) is 2. The van der Waals surface area contributed by atoms with Crippen molar-refractivity contribution in [1.82, 2.24) is 0 Å². The van der Waals surface area contributed by atoms with Gasteiger partial charge in [-0.05, 0) is 36.4 Å². The monoisotopic (exact) mass is 369 g/mol. The normalized spacial score (nSPS) is 10.5. The molecule has 2 aromatic heterocycles. The molecule has 4 rings (SSSR count). The third-order valence-corrected chi connectivity index (χ3v) is 4.64. The molecule has 0 aliphatic rings. The van der Waals surface area contributed by atoms with E-state index in [1.54, 1.807) is 14.2 Å². The summed E-state index contributed by atoms with van der Waals surface area (Å²) >= 11 is 0. The Balaban J connectivity index is 1.53. The van der Waals surface area contributed by atoms with Gasteiger partial charge in [-0.15, -0.1) is 11.6 Å². The number of rotatable bonds is 5. The summed E-state index contributed by atoms with van der Waals surface area (Å²) < 4.78 is 14.5. The molecule has 0 N–H and O–H groups in total. The van der Waals surface area contributed by atoms with E-state index in [9.17, 15) is 0 Å². The van der Waals surface area contributed by atoms with Crippen LogP contribution in [-0.4, -0.2) is 14.2 Å². The number of methoxy groups -OCH3 is 2. The molecule has 0 bridgehead atoms. The molecular formula is C24H21N2O2+. The molecule has 2 heterocycles. The molecule has 28 heavy (non-hydrogen) atoms. The van der Waals surface area contributed by atoms with Crippen LogP contribution in [0.4, 0.5) is 0 Å². The summed E-state index contributed by atoms with van der Waals surface area (Å²) in [6, 6.07) is 25.5. The molecule has 0 aliphatic carbocycles. The van der Waals surface area contributed by atoms with Crippen LogP contribution in [0.25, 0.3) is 22.5 Å². The lowest BCUT2D eigenvalue weighted by molar-refractivity contribution is -0.596. The summed E-state index contributed by atoms with van der Waals surface area (Å²) in [5, 5.41) is 0. The molecule has 0 atom stereocenters. The third-order valence-electron chi connectivity index (χ3n) is 4.64. The molecule has 0 saturated carbocycles. The molecule has 0 unspecified atom stereocenters. The second kappa shape index (κ2) is 7.92. The highest BCUT2D eigenvalue weighted by molar-refractivity contribution is 5.60. The Kier molecular flexibility index (Phi) is 5.02. The predicted molar refractivity (Wildman–Crippen MR) is 107 cm³/mol. The molecule has 4 aromatic rings. The van der Waals surface area contributed by atoms with Gasteiger partial charge in [0.2, 0.25) is 11.4 Å². The van der Waals surface area contributed by atoms with E-state index in [4.69, 9.17) is 9.47 Å². The van der Waals surface area contributed by atoms with Gasteiger partial charge in [-0.2, -0.15) is 14.7 Å². The molecule has 0 fully saturated rings. The van der Waals surface area contributed by atoms with Gasteiger partial charge < -0.3 is 9.47 Å². The van der Waals surface area contributed by atoms with Crippen molar-refractivity contribution in [3.63, 3.8) is 0 Å². The first kappa shape index (κ1) is 17.7. The van der Waals surface area contributed by atoms with Gasteiger partial charge in [0.1, 0.15) is 23.9 Å². The maximum atomic E-state index is 5.21. The van der Waals surface area contributed by atoms with Gasteiger partial charge in [0, 0.05) is 24.3 Å². The van der Waals surface area contributed by atoms with Crippen LogP contribution in [0.2, 0.25) is 0 Å². The lowest BCUT2D eigenvalue weighted by Gasteiger charge is -2.09. The van der Waals surface area contributed by atoms with Gasteiger partial charge in [-0.1, -0.05) is 6.07 Å². The minimum absolute atomic E-state index is 0.847. The number of nitrogens with zero attached hydrogens (tertiary/aromatic N) is 2. The topological polar surface area (TPSA) is 26.2 Å². The summed E-state index contributed by atoms with van der Waals surface area (Å²) in [5.41, 5.74) is 4.31. The van der Waals surface area contributed by atoms with Crippen molar-refractivity contribution in [1.29, 1.82) is 0 Å². The number of hydrogen-bond acceptors (Lipinski definition) is 2. The van der Waals surface area contributed by atoms with E-state index in [-0.39, 0.29) is 0 Å². The lowest BCUT2D eigenvalue weighted by Crippen LogP contribution is -2.29. The van der Waals surface area contributed by atoms with Crippen LogP contribution in [0.3, 0.4) is 0 Å². The first-order valence-corrected chi connectivity index (χ1v) is 9.00. The molecule has 0 radical (unpaired) electrons. The quantitative estimate of drug-likeness (QED) is 0.396. The summed E-state index contributed by atoms with van der Waals surface area (Å²) in [6.45, 7) is 0. The predicted octanol–water partition coefficient (Wildman–Crippen LogP) is 3.72. The minimum Gasteiger partial charge on any atom is -0.497 e. The van der Waals surface area contributed by atoms with Crippen LogP contribution < -0.4 is 18.6 Å². The molecule has 0 saturated heterocycles. The van der Waals surface area contributed by atoms with Crippen molar-refractivity contribution < 1.29 is 18.6 Å². The number of benzene rings is 2. The second-order valence-electron chi connectivity index (χ2n) is 6.30. The maximum Gasteiger partial charge on any atom is 0.210 e. The number of aromatic nitrogens is 2. The van der Waals surface area contributed by atoms with Crippen LogP contribution in [0.5, 0.6) is 11.5 Å². The maximum absolute atomic E-state index is 5.21. The first-order chi connectivity index (χ1) is 13.8. The van der Waals surface area contributed by atoms with E-state index in [1.165, 1.54) is 0 Å². The minimum atomic E-state index is 0.847. The average Bonchev–Trinajstić information content (AvgIpc) is 2.79. The van der Waals surface area contributed by atoms with Gasteiger partial charge in [-0.25, -0.2) is 0 Å². The summed E-state index contributed by atoms with van der Waals surface area (Å²) in [4.78, 5) is 0. The van der Waals surface area contributed by atoms with E-state index in [1.807, 2.05) is 65.5 Å². The standard InChI is InChI=1S/C24H21N2O2/c1-27-23-7-3-21(4-8-23)25-15-11-19(12-16-25)20-13-17-26(18-14-20)22-5-9-24(28-2)10-6-22/h3-13,15-18H,1-2H3/q+1. The third kappa shape index (κ3) is 3.71. The smallest absolute Gasteiger partial charge is 0.210 e. The van der Waals surface area contributed by atoms with E-state index in [0.29, 0.717) is 0 Å². The van der Waals surface area contributed by atoms with Crippen LogP contribution in [0.15, 0.2) is 91.5 Å². The first-order valence-electron chi connectivity index (χ1n) is 9.00. The SMILES string of the molecule is COc1ccc(-[n+]2c[c-]c(-c3cc[n+](-c4ccc(OC)cc4)cc3)cc2)cc1. The average molecular weight is 369 g/mol. The summed E-state index contributed by atoms with van der Waals surface area (Å²) in [5.74, 6) is 1.70. The van der Waals surface area contributed by atoms with Crippen LogP contribution in [0, 0.1) is 6.07 Å². The van der Waals surface area contributed by atoms with Gasteiger partial charge in [0.25, 0.3) is 0 Å².